The summed E-state index contributed by atoms with van der Waals surface area (Å²) in [5, 5.41) is 1.27. The van der Waals surface area contributed by atoms with Gasteiger partial charge in [-0.3, -0.25) is 19.2 Å². The topological polar surface area (TPSA) is 130 Å². The van der Waals surface area contributed by atoms with Crippen LogP contribution in [0.5, 0.6) is 0 Å². The lowest BCUT2D eigenvalue weighted by atomic mass is 9.98. The summed E-state index contributed by atoms with van der Waals surface area (Å²) in [5.41, 5.74) is 1.52. The molecule has 2 heterocycles. The molecule has 192 valence electrons. The molecule has 4 unspecified atom stereocenters. The molecular formula is C25H22ClN3O7S. The fraction of sp³-hybridized carbons (Fsp3) is 0.240. The first kappa shape index (κ1) is 26.2. The number of hydrogen-bond acceptors (Lipinski definition) is 7. The third kappa shape index (κ3) is 4.67. The molecule has 37 heavy (non-hydrogen) atoms. The Hall–Kier alpha value is -3.83. The van der Waals surface area contributed by atoms with Gasteiger partial charge in [-0.1, -0.05) is 36.9 Å². The Bertz CT molecular complexity index is 1340. The van der Waals surface area contributed by atoms with Crippen LogP contribution in [0, 0.1) is 6.92 Å². The minimum Gasteiger partial charge on any atom is -0.442 e. The van der Waals surface area contributed by atoms with Crippen molar-refractivity contribution in [2.24, 2.45) is 0 Å². The summed E-state index contributed by atoms with van der Waals surface area (Å²) in [7, 11) is 3.68. The maximum Gasteiger partial charge on any atom is 0.334 e. The Morgan fingerprint density at radius 1 is 1.08 bits per heavy atom. The highest BCUT2D eigenvalue weighted by Gasteiger charge is 2.56. The first-order chi connectivity index (χ1) is 17.5. The molecule has 4 amide bonds. The van der Waals surface area contributed by atoms with Crippen molar-refractivity contribution in [2.75, 3.05) is 6.73 Å². The maximum atomic E-state index is 13.0. The predicted molar refractivity (Wildman–Crippen MR) is 134 cm³/mol. The highest BCUT2D eigenvalue weighted by atomic mass is 35.7. The fourth-order valence-corrected chi connectivity index (χ4v) is 5.62. The van der Waals surface area contributed by atoms with Crippen molar-refractivity contribution in [3.8, 4) is 0 Å². The van der Waals surface area contributed by atoms with Crippen LogP contribution in [0.1, 0.15) is 43.6 Å². The van der Waals surface area contributed by atoms with E-state index in [0.717, 1.165) is 9.80 Å². The number of nitrogens with one attached hydrogen (secondary N) is 1. The molecule has 10 nitrogen and oxygen atoms in total. The van der Waals surface area contributed by atoms with Crippen LogP contribution in [0.4, 0.5) is 0 Å². The molecule has 4 rings (SSSR count). The molecule has 1 saturated heterocycles. The summed E-state index contributed by atoms with van der Waals surface area (Å²) >= 11 is 0. The summed E-state index contributed by atoms with van der Waals surface area (Å²) in [5.74, 6) is -3.54. The number of carbonyl (C=O) groups excluding carboxylic acids is 5. The van der Waals surface area contributed by atoms with E-state index in [4.69, 9.17) is 15.4 Å². The second-order valence-electron chi connectivity index (χ2n) is 8.58. The van der Waals surface area contributed by atoms with Crippen LogP contribution < -0.4 is 5.32 Å². The highest BCUT2D eigenvalue weighted by Crippen LogP contribution is 2.31. The Kier molecular flexibility index (Phi) is 7.28. The quantitative estimate of drug-likeness (QED) is 0.177. The van der Waals surface area contributed by atoms with E-state index in [0.29, 0.717) is 11.1 Å². The van der Waals surface area contributed by atoms with E-state index in [1.807, 2.05) is 0 Å². The number of hydrogen-bond donors (Lipinski definition) is 1. The molecule has 1 N–H and O–H groups in total. The van der Waals surface area contributed by atoms with Crippen molar-refractivity contribution < 1.29 is 32.9 Å². The molecule has 2 aromatic carbocycles. The number of ether oxygens (including phenoxy) is 1. The molecule has 0 saturated carbocycles. The van der Waals surface area contributed by atoms with E-state index < -0.39 is 63.8 Å². The Balaban J connectivity index is 1.48. The lowest BCUT2D eigenvalue weighted by Crippen LogP contribution is -2.75. The highest BCUT2D eigenvalue weighted by molar-refractivity contribution is 8.08. The number of esters is 1. The summed E-state index contributed by atoms with van der Waals surface area (Å²) in [6, 6.07) is 10.2. The van der Waals surface area contributed by atoms with Crippen molar-refractivity contribution in [1.82, 2.24) is 15.1 Å². The first-order valence-electron chi connectivity index (χ1n) is 11.1. The number of nitrogens with zero attached hydrogens (tertiary/aromatic N) is 2. The lowest BCUT2D eigenvalue weighted by Gasteiger charge is -2.48. The van der Waals surface area contributed by atoms with Gasteiger partial charge in [0.25, 0.3) is 17.7 Å². The number of aryl methyl sites for hydroxylation is 1. The van der Waals surface area contributed by atoms with Gasteiger partial charge < -0.3 is 15.0 Å². The maximum absolute atomic E-state index is 13.0. The first-order valence-corrected chi connectivity index (χ1v) is 13.1. The van der Waals surface area contributed by atoms with Gasteiger partial charge >= 0.3 is 5.97 Å². The van der Waals surface area contributed by atoms with E-state index in [9.17, 15) is 28.2 Å². The molecular weight excluding hydrogens is 522 g/mol. The molecule has 0 bridgehead atoms. The predicted octanol–water partition coefficient (Wildman–Crippen LogP) is 1.91. The largest absolute Gasteiger partial charge is 0.442 e. The van der Waals surface area contributed by atoms with Crippen LogP contribution in [-0.2, 0) is 24.3 Å². The van der Waals surface area contributed by atoms with Gasteiger partial charge in [0.1, 0.15) is 16.1 Å². The van der Waals surface area contributed by atoms with Crippen LogP contribution in [0.3, 0.4) is 0 Å². The van der Waals surface area contributed by atoms with Crippen LogP contribution in [-0.4, -0.2) is 67.8 Å². The zero-order valence-electron chi connectivity index (χ0n) is 19.8. The van der Waals surface area contributed by atoms with E-state index in [1.54, 1.807) is 43.3 Å². The number of benzene rings is 2. The van der Waals surface area contributed by atoms with E-state index in [1.165, 1.54) is 19.1 Å². The van der Waals surface area contributed by atoms with Crippen molar-refractivity contribution in [1.29, 1.82) is 0 Å². The molecule has 1 fully saturated rings. The minimum atomic E-state index is -2.19. The number of imide groups is 1. The molecule has 0 radical (unpaired) electrons. The van der Waals surface area contributed by atoms with Crippen LogP contribution in [0.15, 0.2) is 60.7 Å². The number of likely N-dealkylation sites (tertiary alicyclic amines) is 1. The van der Waals surface area contributed by atoms with Gasteiger partial charge in [0.05, 0.1) is 11.1 Å². The van der Waals surface area contributed by atoms with Gasteiger partial charge in [-0.2, -0.15) is 0 Å². The van der Waals surface area contributed by atoms with Crippen LogP contribution in [0.25, 0.3) is 0 Å². The summed E-state index contributed by atoms with van der Waals surface area (Å²) in [6.07, 6.45) is 0. The van der Waals surface area contributed by atoms with Crippen molar-refractivity contribution in [2.45, 2.75) is 31.3 Å². The normalized spacial score (nSPS) is 20.1. The Morgan fingerprint density at radius 2 is 1.65 bits per heavy atom. The zero-order chi connectivity index (χ0) is 27.0. The second-order valence-corrected chi connectivity index (χ2v) is 10.5. The van der Waals surface area contributed by atoms with E-state index in [-0.39, 0.29) is 16.7 Å². The number of rotatable bonds is 8. The van der Waals surface area contributed by atoms with Gasteiger partial charge in [-0.15, -0.1) is 0 Å². The Morgan fingerprint density at radius 3 is 2.19 bits per heavy atom. The molecule has 2 aliphatic rings. The third-order valence-electron chi connectivity index (χ3n) is 6.13. The smallest absolute Gasteiger partial charge is 0.334 e. The zero-order valence-corrected chi connectivity index (χ0v) is 21.4. The van der Waals surface area contributed by atoms with Gasteiger partial charge in [0.2, 0.25) is 5.91 Å². The van der Waals surface area contributed by atoms with Crippen LogP contribution in [0.2, 0.25) is 0 Å². The van der Waals surface area contributed by atoms with Crippen molar-refractivity contribution in [3.05, 3.63) is 82.9 Å². The van der Waals surface area contributed by atoms with Crippen molar-refractivity contribution in [3.63, 3.8) is 0 Å². The molecule has 12 heteroatoms. The second kappa shape index (κ2) is 10.3. The summed E-state index contributed by atoms with van der Waals surface area (Å²) in [6.45, 7) is 6.21. The van der Waals surface area contributed by atoms with Gasteiger partial charge in [-0.05, 0) is 53.9 Å². The number of carbonyl (C=O) groups is 5. The molecule has 2 aromatic rings. The fourth-order valence-electron chi connectivity index (χ4n) is 4.25. The monoisotopic (exact) mass is 543 g/mol. The summed E-state index contributed by atoms with van der Waals surface area (Å²) < 4.78 is 17.6. The minimum absolute atomic E-state index is 0.163. The number of fused-ring (bicyclic) bond motifs is 1. The standard InChI is InChI=1S/C25H22ClN3O7S/c1-13(2)19(25(34)36-12-28-21(31)16-10-6-7-11-17(16)22(28)32)29-23(33)18(24(29)37(26)35)27-20(30)15-9-5-4-8-14(15)3/h4-11,18-19,24H,1,12H2,2-3H3,(H,27,30). The third-order valence-corrected chi connectivity index (χ3v) is 7.55. The average molecular weight is 544 g/mol. The van der Waals surface area contributed by atoms with Gasteiger partial charge in [-0.25, -0.2) is 13.9 Å². The number of amides is 4. The molecule has 0 aliphatic carbocycles. The average Bonchev–Trinajstić information content (AvgIpc) is 3.10. The van der Waals surface area contributed by atoms with Crippen molar-refractivity contribution >= 4 is 50.3 Å². The van der Waals surface area contributed by atoms with E-state index >= 15 is 0 Å². The SMILES string of the molecule is C=C(C)C(C(=O)OCN1C(=O)c2ccccc2C1=O)N1C(=O)C(NC(=O)c2ccccc2C)C1S(=O)Cl. The van der Waals surface area contributed by atoms with Crippen LogP contribution >= 0.6 is 10.7 Å². The van der Waals surface area contributed by atoms with Gasteiger partial charge in [0.15, 0.2) is 18.1 Å². The molecule has 2 aliphatic heterocycles. The molecule has 0 aromatic heterocycles. The molecule has 4 atom stereocenters. The Labute approximate surface area is 219 Å². The molecule has 0 spiro atoms. The lowest BCUT2D eigenvalue weighted by molar-refractivity contribution is -0.163. The van der Waals surface area contributed by atoms with Gasteiger partial charge in [0, 0.05) is 5.56 Å². The summed E-state index contributed by atoms with van der Waals surface area (Å²) in [4.78, 5) is 65.6. The van der Waals surface area contributed by atoms with E-state index in [2.05, 4.69) is 11.9 Å². The number of β-lactam (4-membered cyclic amide) rings is 1. The number of halogens is 1.